The lowest BCUT2D eigenvalue weighted by Crippen LogP contribution is -2.76. The Balaban J connectivity index is 1.14. The van der Waals surface area contributed by atoms with E-state index in [1.807, 2.05) is 6.20 Å². The summed E-state index contributed by atoms with van der Waals surface area (Å²) in [4.78, 5) is 10.5. The van der Waals surface area contributed by atoms with Crippen molar-refractivity contribution in [2.24, 2.45) is 7.05 Å². The molecule has 0 unspecified atom stereocenters. The van der Waals surface area contributed by atoms with Crippen LogP contribution in [0.4, 0.5) is 0 Å². The highest BCUT2D eigenvalue weighted by Gasteiger charge is 2.50. The van der Waals surface area contributed by atoms with Crippen LogP contribution in [-0.4, -0.2) is 35.2 Å². The summed E-state index contributed by atoms with van der Waals surface area (Å²) in [7, 11) is -4.08. The van der Waals surface area contributed by atoms with Gasteiger partial charge in [0.15, 0.2) is 16.1 Å². The van der Waals surface area contributed by atoms with Crippen LogP contribution in [0.1, 0.15) is 0 Å². The van der Waals surface area contributed by atoms with Crippen molar-refractivity contribution in [2.75, 3.05) is 0 Å². The molecular formula is C61H44N4OSi2. The van der Waals surface area contributed by atoms with Gasteiger partial charge >= 0.3 is 0 Å². The Morgan fingerprint density at radius 3 is 1.79 bits per heavy atom. The van der Waals surface area contributed by atoms with Crippen molar-refractivity contribution in [2.45, 2.75) is 0 Å². The van der Waals surface area contributed by atoms with E-state index in [2.05, 4.69) is 259 Å². The van der Waals surface area contributed by atoms with Crippen molar-refractivity contribution >= 4 is 90.6 Å². The lowest BCUT2D eigenvalue weighted by Gasteiger charge is -2.40. The van der Waals surface area contributed by atoms with Gasteiger partial charge in [0, 0.05) is 40.5 Å². The summed E-state index contributed by atoms with van der Waals surface area (Å²) in [5.41, 5.74) is 6.26. The zero-order valence-corrected chi connectivity index (χ0v) is 39.4. The summed E-state index contributed by atoms with van der Waals surface area (Å²) in [6, 6.07) is 89.1. The maximum atomic E-state index is 7.10. The quantitative estimate of drug-likeness (QED) is 0.114. The van der Waals surface area contributed by atoms with Crippen LogP contribution in [0.2, 0.25) is 0 Å². The van der Waals surface area contributed by atoms with Crippen LogP contribution in [0.25, 0.3) is 50.0 Å². The smallest absolute Gasteiger partial charge is 0.191 e. The van der Waals surface area contributed by atoms with E-state index in [1.54, 1.807) is 0 Å². The summed E-state index contributed by atoms with van der Waals surface area (Å²) in [6.45, 7) is 0. The standard InChI is InChI=1S/C61H44N4OSi2/c1-64-54-35-15-14-34-53(54)63-60(64)43-21-18-31-49(41-43)67(45-23-6-2-7-24-45,46-25-8-3-9-26-46)50-32-19-22-44(42-50)65-58-51(52-33-20-40-62-61(52)65)38-39-56-59(58)68(47-27-10-4-11-28-47,48-29-12-5-13-30-48)57-37-17-16-36-55(57)66-56/h2-42H,1H3. The van der Waals surface area contributed by atoms with Crippen molar-refractivity contribution in [3.8, 4) is 28.6 Å². The molecule has 7 heteroatoms. The van der Waals surface area contributed by atoms with E-state index in [0.717, 1.165) is 61.5 Å². The van der Waals surface area contributed by atoms with Crippen molar-refractivity contribution in [3.63, 3.8) is 0 Å². The molecule has 12 aromatic rings. The molecule has 9 aromatic carbocycles. The molecule has 0 N–H and O–H groups in total. The molecule has 0 saturated heterocycles. The van der Waals surface area contributed by atoms with Gasteiger partial charge in [-0.15, -0.1) is 0 Å². The topological polar surface area (TPSA) is 44.9 Å². The number of aryl methyl sites for hydroxylation is 1. The molecule has 0 amide bonds. The lowest BCUT2D eigenvalue weighted by atomic mass is 10.2. The van der Waals surface area contributed by atoms with E-state index < -0.39 is 16.1 Å². The number of fused-ring (bicyclic) bond motifs is 7. The average molecular weight is 905 g/mol. The van der Waals surface area contributed by atoms with Gasteiger partial charge in [-0.2, -0.15) is 0 Å². The first-order valence-electron chi connectivity index (χ1n) is 23.2. The highest BCUT2D eigenvalue weighted by atomic mass is 28.3. The summed E-state index contributed by atoms with van der Waals surface area (Å²) in [5.74, 6) is 2.73. The Hall–Kier alpha value is -8.37. The van der Waals surface area contributed by atoms with Crippen LogP contribution < -0.4 is 46.2 Å². The molecule has 13 rings (SSSR count). The van der Waals surface area contributed by atoms with Gasteiger partial charge in [-0.05, 0) is 90.9 Å². The summed E-state index contributed by atoms with van der Waals surface area (Å²) < 4.78 is 11.8. The lowest BCUT2D eigenvalue weighted by molar-refractivity contribution is 0.487. The predicted molar refractivity (Wildman–Crippen MR) is 286 cm³/mol. The van der Waals surface area contributed by atoms with E-state index in [9.17, 15) is 0 Å². The fourth-order valence-corrected chi connectivity index (χ4v) is 21.4. The Bertz CT molecular complexity index is 3770. The van der Waals surface area contributed by atoms with E-state index in [0.29, 0.717) is 0 Å². The minimum atomic E-state index is -3.10. The number of para-hydroxylation sites is 3. The summed E-state index contributed by atoms with van der Waals surface area (Å²) in [5, 5.41) is 12.4. The molecule has 0 fully saturated rings. The van der Waals surface area contributed by atoms with Gasteiger partial charge in [-0.25, -0.2) is 9.97 Å². The number of ether oxygens (including phenoxy) is 1. The first-order chi connectivity index (χ1) is 33.7. The predicted octanol–water partition coefficient (Wildman–Crippen LogP) is 8.59. The number of hydrogen-bond acceptors (Lipinski definition) is 3. The monoisotopic (exact) mass is 904 g/mol. The minimum Gasteiger partial charge on any atom is -0.457 e. The van der Waals surface area contributed by atoms with Crippen molar-refractivity contribution < 1.29 is 4.74 Å². The molecule has 1 aliphatic heterocycles. The summed E-state index contributed by atoms with van der Waals surface area (Å²) in [6.07, 6.45) is 1.93. The maximum Gasteiger partial charge on any atom is 0.191 e. The Labute approximate surface area is 396 Å². The van der Waals surface area contributed by atoms with Gasteiger partial charge in [0.2, 0.25) is 0 Å². The first kappa shape index (κ1) is 40.0. The number of imidazole rings is 1. The van der Waals surface area contributed by atoms with Crippen molar-refractivity contribution in [3.05, 3.63) is 249 Å². The molecule has 0 radical (unpaired) electrons. The SMILES string of the molecule is Cn1c(-c2cccc([Si](c3ccccc3)(c3ccccc3)c3cccc(-n4c5ncccc5c5ccc6c(c54)[Si](c4ccccc4)(c4ccccc4)c4ccccc4O6)c3)c2)nc2ccccc21. The highest BCUT2D eigenvalue weighted by molar-refractivity contribution is 7.22. The van der Waals surface area contributed by atoms with Crippen LogP contribution in [0.3, 0.4) is 0 Å². The average Bonchev–Trinajstić information content (AvgIpc) is 3.94. The third-order valence-corrected chi connectivity index (χ3v) is 23.8. The van der Waals surface area contributed by atoms with E-state index in [1.165, 1.54) is 41.5 Å². The second-order valence-corrected chi connectivity index (χ2v) is 25.2. The minimum absolute atomic E-state index is 0.881. The van der Waals surface area contributed by atoms with Crippen LogP contribution in [0.15, 0.2) is 249 Å². The number of nitrogens with zero attached hydrogens (tertiary/aromatic N) is 4. The normalized spacial score (nSPS) is 13.0. The Morgan fingerprint density at radius 1 is 0.485 bits per heavy atom. The molecular weight excluding hydrogens is 861 g/mol. The fraction of sp³-hybridized carbons (Fsp3) is 0.0164. The maximum absolute atomic E-state index is 7.10. The second kappa shape index (κ2) is 15.9. The molecule has 4 heterocycles. The number of hydrogen-bond donors (Lipinski definition) is 0. The molecule has 68 heavy (non-hydrogen) atoms. The van der Waals surface area contributed by atoms with Gasteiger partial charge in [0.25, 0.3) is 0 Å². The van der Waals surface area contributed by atoms with Gasteiger partial charge in [0.05, 0.1) is 16.6 Å². The van der Waals surface area contributed by atoms with Crippen molar-refractivity contribution in [1.82, 2.24) is 19.1 Å². The molecule has 0 saturated carbocycles. The third kappa shape index (κ3) is 5.86. The van der Waals surface area contributed by atoms with Crippen LogP contribution >= 0.6 is 0 Å². The zero-order chi connectivity index (χ0) is 45.2. The fourth-order valence-electron chi connectivity index (χ4n) is 11.4. The van der Waals surface area contributed by atoms with Gasteiger partial charge in [-0.1, -0.05) is 188 Å². The summed E-state index contributed by atoms with van der Waals surface area (Å²) >= 11 is 0. The van der Waals surface area contributed by atoms with Crippen LogP contribution in [-0.2, 0) is 7.05 Å². The molecule has 0 atom stereocenters. The zero-order valence-electron chi connectivity index (χ0n) is 37.4. The third-order valence-electron chi connectivity index (χ3n) is 14.2. The highest BCUT2D eigenvalue weighted by Crippen LogP contribution is 2.38. The molecule has 0 aliphatic carbocycles. The molecule has 3 aromatic heterocycles. The van der Waals surface area contributed by atoms with Gasteiger partial charge in [0.1, 0.15) is 23.0 Å². The molecule has 0 bridgehead atoms. The van der Waals surface area contributed by atoms with Crippen LogP contribution in [0, 0.1) is 0 Å². The number of benzene rings is 9. The number of rotatable bonds is 8. The van der Waals surface area contributed by atoms with Gasteiger partial charge in [-0.3, -0.25) is 4.57 Å². The number of pyridine rings is 1. The number of aromatic nitrogens is 4. The van der Waals surface area contributed by atoms with E-state index in [4.69, 9.17) is 14.7 Å². The second-order valence-electron chi connectivity index (χ2n) is 17.7. The molecule has 0 spiro atoms. The van der Waals surface area contributed by atoms with Gasteiger partial charge < -0.3 is 9.30 Å². The first-order valence-corrected chi connectivity index (χ1v) is 27.2. The molecule has 1 aliphatic rings. The largest absolute Gasteiger partial charge is 0.457 e. The molecule has 322 valence electrons. The Morgan fingerprint density at radius 2 is 1.09 bits per heavy atom. The van der Waals surface area contributed by atoms with Crippen LogP contribution in [0.5, 0.6) is 11.5 Å². The molecule has 5 nitrogen and oxygen atoms in total. The Kier molecular flexibility index (Phi) is 9.35. The van der Waals surface area contributed by atoms with E-state index in [-0.39, 0.29) is 0 Å². The van der Waals surface area contributed by atoms with E-state index >= 15 is 0 Å². The van der Waals surface area contributed by atoms with Crippen molar-refractivity contribution in [1.29, 1.82) is 0 Å².